The average Bonchev–Trinajstić information content (AvgIpc) is 3.06. The van der Waals surface area contributed by atoms with Crippen LogP contribution >= 0.6 is 0 Å². The lowest BCUT2D eigenvalue weighted by Gasteiger charge is -2.18. The number of carbonyl (C=O) groups is 3. The SMILES string of the molecule is CCCCCCCCCCCCC(=O)OC[C@H](COC(=O)CCCCCCCCCC(C)C)OC(=O)CCCCCCCCCCCC. The minimum atomic E-state index is -0.757. The Balaban J connectivity index is 4.35. The smallest absolute Gasteiger partial charge is 0.306 e. The number of hydrogen-bond donors (Lipinski definition) is 0. The van der Waals surface area contributed by atoms with E-state index in [-0.39, 0.29) is 31.1 Å². The van der Waals surface area contributed by atoms with Crippen LogP contribution in [0.4, 0.5) is 0 Å². The summed E-state index contributed by atoms with van der Waals surface area (Å²) in [4.78, 5) is 37.5. The average molecular weight is 681 g/mol. The molecule has 0 aromatic rings. The van der Waals surface area contributed by atoms with Crippen LogP contribution in [0.1, 0.15) is 227 Å². The lowest BCUT2D eigenvalue weighted by Crippen LogP contribution is -2.30. The minimum absolute atomic E-state index is 0.0650. The number of rotatable bonds is 37. The fraction of sp³-hybridized carbons (Fsp3) is 0.929. The summed E-state index contributed by atoms with van der Waals surface area (Å²) in [6.07, 6.45) is 33.8. The van der Waals surface area contributed by atoms with Crippen LogP contribution in [0.25, 0.3) is 0 Å². The summed E-state index contributed by atoms with van der Waals surface area (Å²) in [5.41, 5.74) is 0. The Morgan fingerprint density at radius 1 is 0.396 bits per heavy atom. The van der Waals surface area contributed by atoms with Crippen molar-refractivity contribution in [3.05, 3.63) is 0 Å². The second kappa shape index (κ2) is 36.7. The van der Waals surface area contributed by atoms with Crippen LogP contribution in [0.15, 0.2) is 0 Å². The van der Waals surface area contributed by atoms with E-state index in [1.54, 1.807) is 0 Å². The minimum Gasteiger partial charge on any atom is -0.462 e. The molecule has 0 aliphatic heterocycles. The summed E-state index contributed by atoms with van der Waals surface area (Å²) in [6, 6.07) is 0. The van der Waals surface area contributed by atoms with Crippen molar-refractivity contribution in [1.29, 1.82) is 0 Å². The molecule has 6 heteroatoms. The molecule has 0 saturated carbocycles. The standard InChI is InChI=1S/C42H80O6/c1-5-7-9-11-13-15-17-21-25-29-33-40(43)46-36-39(48-42(45)35-31-27-22-18-16-14-12-10-8-6-2)37-47-41(44)34-30-26-23-19-20-24-28-32-38(3)4/h38-39H,5-37H2,1-4H3/t39-/m1/s1. The third-order valence-corrected chi connectivity index (χ3v) is 9.29. The van der Waals surface area contributed by atoms with Crippen LogP contribution in [-0.4, -0.2) is 37.2 Å². The van der Waals surface area contributed by atoms with E-state index in [4.69, 9.17) is 14.2 Å². The molecule has 0 rings (SSSR count). The van der Waals surface area contributed by atoms with Gasteiger partial charge in [-0.05, 0) is 25.2 Å². The molecule has 284 valence electrons. The fourth-order valence-corrected chi connectivity index (χ4v) is 6.10. The first kappa shape index (κ1) is 46.4. The maximum Gasteiger partial charge on any atom is 0.306 e. The molecule has 0 aromatic heterocycles. The van der Waals surface area contributed by atoms with Crippen molar-refractivity contribution in [2.75, 3.05) is 13.2 Å². The first-order valence-electron chi connectivity index (χ1n) is 20.9. The number of carbonyl (C=O) groups excluding carboxylic acids is 3. The molecule has 0 aliphatic carbocycles. The van der Waals surface area contributed by atoms with Gasteiger partial charge in [-0.25, -0.2) is 0 Å². The van der Waals surface area contributed by atoms with E-state index >= 15 is 0 Å². The summed E-state index contributed by atoms with van der Waals surface area (Å²) < 4.78 is 16.6. The highest BCUT2D eigenvalue weighted by atomic mass is 16.6. The van der Waals surface area contributed by atoms with Gasteiger partial charge in [0.2, 0.25) is 0 Å². The Bertz CT molecular complexity index is 721. The third-order valence-electron chi connectivity index (χ3n) is 9.29. The molecule has 0 fully saturated rings. The van der Waals surface area contributed by atoms with Gasteiger partial charge in [-0.3, -0.25) is 14.4 Å². The van der Waals surface area contributed by atoms with Gasteiger partial charge in [0.1, 0.15) is 13.2 Å². The van der Waals surface area contributed by atoms with E-state index in [1.165, 1.54) is 122 Å². The number of ether oxygens (including phenoxy) is 3. The molecule has 0 heterocycles. The van der Waals surface area contributed by atoms with Crippen LogP contribution in [0.2, 0.25) is 0 Å². The first-order valence-corrected chi connectivity index (χ1v) is 20.9. The van der Waals surface area contributed by atoms with Crippen LogP contribution in [0.5, 0.6) is 0 Å². The van der Waals surface area contributed by atoms with Crippen molar-refractivity contribution in [1.82, 2.24) is 0 Å². The van der Waals surface area contributed by atoms with Gasteiger partial charge in [-0.1, -0.05) is 188 Å². The van der Waals surface area contributed by atoms with E-state index in [0.29, 0.717) is 19.3 Å². The van der Waals surface area contributed by atoms with E-state index < -0.39 is 6.10 Å². The van der Waals surface area contributed by atoms with Crippen LogP contribution in [0, 0.1) is 5.92 Å². The van der Waals surface area contributed by atoms with E-state index in [9.17, 15) is 14.4 Å². The van der Waals surface area contributed by atoms with Gasteiger partial charge in [-0.2, -0.15) is 0 Å². The predicted octanol–water partition coefficient (Wildman–Crippen LogP) is 12.8. The van der Waals surface area contributed by atoms with Crippen LogP contribution in [-0.2, 0) is 28.6 Å². The molecule has 0 saturated heterocycles. The summed E-state index contributed by atoms with van der Waals surface area (Å²) in [6.45, 7) is 8.90. The normalized spacial score (nSPS) is 11.9. The topological polar surface area (TPSA) is 78.9 Å². The van der Waals surface area contributed by atoms with Gasteiger partial charge >= 0.3 is 17.9 Å². The zero-order chi connectivity index (χ0) is 35.3. The molecule has 0 amide bonds. The van der Waals surface area contributed by atoms with Crippen molar-refractivity contribution >= 4 is 17.9 Å². The Morgan fingerprint density at radius 2 is 0.688 bits per heavy atom. The summed E-state index contributed by atoms with van der Waals surface area (Å²) in [5.74, 6) is -0.0833. The zero-order valence-electron chi connectivity index (χ0n) is 32.4. The Labute approximate surface area is 298 Å². The summed E-state index contributed by atoms with van der Waals surface area (Å²) in [5, 5.41) is 0. The molecule has 0 N–H and O–H groups in total. The van der Waals surface area contributed by atoms with Gasteiger partial charge in [0, 0.05) is 19.3 Å². The molecule has 0 radical (unpaired) electrons. The molecule has 0 unspecified atom stereocenters. The highest BCUT2D eigenvalue weighted by Crippen LogP contribution is 2.15. The summed E-state index contributed by atoms with van der Waals surface area (Å²) in [7, 11) is 0. The highest BCUT2D eigenvalue weighted by molar-refractivity contribution is 5.71. The molecule has 48 heavy (non-hydrogen) atoms. The Kier molecular flexibility index (Phi) is 35.5. The van der Waals surface area contributed by atoms with Gasteiger partial charge in [0.15, 0.2) is 6.10 Å². The monoisotopic (exact) mass is 681 g/mol. The number of unbranched alkanes of at least 4 members (excludes halogenated alkanes) is 24. The predicted molar refractivity (Wildman–Crippen MR) is 201 cm³/mol. The molecule has 1 atom stereocenters. The second-order valence-corrected chi connectivity index (χ2v) is 14.7. The van der Waals surface area contributed by atoms with Crippen molar-refractivity contribution in [2.24, 2.45) is 5.92 Å². The van der Waals surface area contributed by atoms with E-state index in [1.807, 2.05) is 0 Å². The zero-order valence-corrected chi connectivity index (χ0v) is 32.4. The van der Waals surface area contributed by atoms with Crippen LogP contribution < -0.4 is 0 Å². The molecular formula is C42H80O6. The van der Waals surface area contributed by atoms with E-state index in [0.717, 1.165) is 63.7 Å². The molecule has 0 bridgehead atoms. The summed E-state index contributed by atoms with van der Waals surface area (Å²) >= 11 is 0. The van der Waals surface area contributed by atoms with Gasteiger partial charge in [-0.15, -0.1) is 0 Å². The van der Waals surface area contributed by atoms with Crippen LogP contribution in [0.3, 0.4) is 0 Å². The maximum atomic E-state index is 12.6. The fourth-order valence-electron chi connectivity index (χ4n) is 6.10. The lowest BCUT2D eigenvalue weighted by atomic mass is 10.0. The quantitative estimate of drug-likeness (QED) is 0.0369. The molecule has 6 nitrogen and oxygen atoms in total. The van der Waals surface area contributed by atoms with Gasteiger partial charge < -0.3 is 14.2 Å². The lowest BCUT2D eigenvalue weighted by molar-refractivity contribution is -0.167. The Hall–Kier alpha value is -1.59. The van der Waals surface area contributed by atoms with Gasteiger partial charge in [0.05, 0.1) is 0 Å². The molecule has 0 spiro atoms. The number of esters is 3. The van der Waals surface area contributed by atoms with Crippen molar-refractivity contribution in [3.8, 4) is 0 Å². The molecule has 0 aromatic carbocycles. The van der Waals surface area contributed by atoms with Crippen molar-refractivity contribution in [3.63, 3.8) is 0 Å². The largest absolute Gasteiger partial charge is 0.462 e. The highest BCUT2D eigenvalue weighted by Gasteiger charge is 2.19. The van der Waals surface area contributed by atoms with Crippen molar-refractivity contribution in [2.45, 2.75) is 233 Å². The van der Waals surface area contributed by atoms with Crippen molar-refractivity contribution < 1.29 is 28.6 Å². The molecule has 0 aliphatic rings. The maximum absolute atomic E-state index is 12.6. The van der Waals surface area contributed by atoms with Gasteiger partial charge in [0.25, 0.3) is 0 Å². The van der Waals surface area contributed by atoms with E-state index in [2.05, 4.69) is 27.7 Å². The molecular weight excluding hydrogens is 600 g/mol. The number of hydrogen-bond acceptors (Lipinski definition) is 6. The third kappa shape index (κ3) is 35.7. The second-order valence-electron chi connectivity index (χ2n) is 14.7. The first-order chi connectivity index (χ1) is 23.4. The Morgan fingerprint density at radius 3 is 1.02 bits per heavy atom.